The van der Waals surface area contributed by atoms with Gasteiger partial charge in [0.05, 0.1) is 5.39 Å². The fourth-order valence-electron chi connectivity index (χ4n) is 1.67. The smallest absolute Gasteiger partial charge is 0.227 e. The molecule has 0 aliphatic rings. The summed E-state index contributed by atoms with van der Waals surface area (Å²) in [6.45, 7) is 5.40. The monoisotopic (exact) mass is 275 g/mol. The Morgan fingerprint density at radius 1 is 1.42 bits per heavy atom. The molecule has 2 heterocycles. The highest BCUT2D eigenvalue weighted by molar-refractivity contribution is 7.18. The molecule has 0 aliphatic carbocycles. The Hall–Kier alpha value is -1.80. The number of anilines is 1. The normalized spacial score (nSPS) is 10.4. The third-order valence-electron chi connectivity index (χ3n) is 2.58. The van der Waals surface area contributed by atoms with Gasteiger partial charge in [0, 0.05) is 17.8 Å². The molecule has 0 fully saturated rings. The van der Waals surface area contributed by atoms with Crippen LogP contribution in [0.15, 0.2) is 6.07 Å². The third kappa shape index (κ3) is 3.15. The topological polar surface area (TPSA) is 47.0 Å². The summed E-state index contributed by atoms with van der Waals surface area (Å²) in [5.41, 5.74) is 0. The zero-order valence-electron chi connectivity index (χ0n) is 11.2. The van der Waals surface area contributed by atoms with Crippen LogP contribution in [-0.2, 0) is 6.42 Å². The van der Waals surface area contributed by atoms with Crippen molar-refractivity contribution < 1.29 is 4.74 Å². The van der Waals surface area contributed by atoms with E-state index in [0.29, 0.717) is 24.9 Å². The van der Waals surface area contributed by atoms with Gasteiger partial charge in [0.1, 0.15) is 11.4 Å². The fraction of sp³-hybridized carbons (Fsp3) is 0.429. The second-order valence-electron chi connectivity index (χ2n) is 3.97. The highest BCUT2D eigenvalue weighted by Crippen LogP contribution is 2.31. The second kappa shape index (κ2) is 6.39. The molecule has 100 valence electrons. The third-order valence-corrected chi connectivity index (χ3v) is 3.75. The largest absolute Gasteiger partial charge is 0.476 e. The summed E-state index contributed by atoms with van der Waals surface area (Å²) in [5.74, 6) is 3.79. The molecular weight excluding hydrogens is 258 g/mol. The standard InChI is InChI=1S/C14H17N3OS/c1-4-7-8-18-12-11-9-10(5-2)19-13(11)17-14(16-12)15-6-3/h1,9H,5-8H2,2-3H3,(H,15,16,17). The van der Waals surface area contributed by atoms with Crippen molar-refractivity contribution in [2.24, 2.45) is 0 Å². The lowest BCUT2D eigenvalue weighted by atomic mass is 10.3. The van der Waals surface area contributed by atoms with E-state index < -0.39 is 0 Å². The van der Waals surface area contributed by atoms with Gasteiger partial charge in [-0.2, -0.15) is 4.98 Å². The van der Waals surface area contributed by atoms with Crippen LogP contribution in [0.5, 0.6) is 5.88 Å². The number of thiophene rings is 1. The Labute approximate surface area is 117 Å². The number of nitrogens with one attached hydrogen (secondary N) is 1. The predicted molar refractivity (Wildman–Crippen MR) is 79.9 cm³/mol. The molecule has 0 bridgehead atoms. The predicted octanol–water partition coefficient (Wildman–Crippen LogP) is 3.09. The maximum Gasteiger partial charge on any atom is 0.227 e. The summed E-state index contributed by atoms with van der Waals surface area (Å²) in [6.07, 6.45) is 6.80. The SMILES string of the molecule is C#CCCOc1nc(NCC)nc2sc(CC)cc12. The van der Waals surface area contributed by atoms with E-state index in [0.717, 1.165) is 23.2 Å². The van der Waals surface area contributed by atoms with Crippen molar-refractivity contribution in [1.29, 1.82) is 0 Å². The molecule has 0 aliphatic heterocycles. The minimum atomic E-state index is 0.478. The molecule has 2 rings (SSSR count). The van der Waals surface area contributed by atoms with Crippen molar-refractivity contribution in [3.8, 4) is 18.2 Å². The van der Waals surface area contributed by atoms with Crippen molar-refractivity contribution >= 4 is 27.5 Å². The van der Waals surface area contributed by atoms with Gasteiger partial charge < -0.3 is 10.1 Å². The van der Waals surface area contributed by atoms with Crippen molar-refractivity contribution in [1.82, 2.24) is 9.97 Å². The van der Waals surface area contributed by atoms with Gasteiger partial charge in [-0.15, -0.1) is 23.7 Å². The minimum Gasteiger partial charge on any atom is -0.476 e. The lowest BCUT2D eigenvalue weighted by Crippen LogP contribution is -2.05. The van der Waals surface area contributed by atoms with Gasteiger partial charge in [-0.05, 0) is 19.4 Å². The number of hydrogen-bond acceptors (Lipinski definition) is 5. The lowest BCUT2D eigenvalue weighted by molar-refractivity contribution is 0.319. The molecule has 0 unspecified atom stereocenters. The minimum absolute atomic E-state index is 0.478. The van der Waals surface area contributed by atoms with E-state index in [-0.39, 0.29) is 0 Å². The number of terminal acetylenes is 1. The molecule has 0 spiro atoms. The molecule has 0 radical (unpaired) electrons. The molecule has 0 amide bonds. The Morgan fingerprint density at radius 3 is 2.95 bits per heavy atom. The molecule has 4 nitrogen and oxygen atoms in total. The zero-order valence-corrected chi connectivity index (χ0v) is 12.0. The summed E-state index contributed by atoms with van der Waals surface area (Å²) in [6, 6.07) is 2.10. The average molecular weight is 275 g/mol. The van der Waals surface area contributed by atoms with Crippen LogP contribution in [0.3, 0.4) is 0 Å². The van der Waals surface area contributed by atoms with E-state index in [1.165, 1.54) is 4.88 Å². The number of aryl methyl sites for hydroxylation is 1. The van der Waals surface area contributed by atoms with Crippen LogP contribution in [0, 0.1) is 12.3 Å². The summed E-state index contributed by atoms with van der Waals surface area (Å²) in [4.78, 5) is 11.1. The van der Waals surface area contributed by atoms with Gasteiger partial charge in [0.15, 0.2) is 0 Å². The van der Waals surface area contributed by atoms with Gasteiger partial charge in [-0.25, -0.2) is 4.98 Å². The van der Waals surface area contributed by atoms with Crippen LogP contribution in [0.1, 0.15) is 25.1 Å². The summed E-state index contributed by atoms with van der Waals surface area (Å²) in [7, 11) is 0. The first-order valence-electron chi connectivity index (χ1n) is 6.39. The molecule has 19 heavy (non-hydrogen) atoms. The van der Waals surface area contributed by atoms with Crippen LogP contribution >= 0.6 is 11.3 Å². The maximum atomic E-state index is 5.68. The quantitative estimate of drug-likeness (QED) is 0.650. The summed E-state index contributed by atoms with van der Waals surface area (Å²) in [5, 5.41) is 4.09. The van der Waals surface area contributed by atoms with E-state index in [2.05, 4.69) is 34.2 Å². The summed E-state index contributed by atoms with van der Waals surface area (Å²) < 4.78 is 5.68. The molecule has 1 N–H and O–H groups in total. The van der Waals surface area contributed by atoms with E-state index in [1.807, 2.05) is 6.92 Å². The van der Waals surface area contributed by atoms with Crippen LogP contribution in [0.25, 0.3) is 10.2 Å². The van der Waals surface area contributed by atoms with E-state index >= 15 is 0 Å². The molecule has 0 saturated heterocycles. The number of nitrogens with zero attached hydrogens (tertiary/aromatic N) is 2. The molecule has 0 aromatic carbocycles. The Kier molecular flexibility index (Phi) is 4.58. The van der Waals surface area contributed by atoms with Crippen molar-refractivity contribution in [3.05, 3.63) is 10.9 Å². The van der Waals surface area contributed by atoms with E-state index in [1.54, 1.807) is 11.3 Å². The fourth-order valence-corrected chi connectivity index (χ4v) is 2.63. The maximum absolute atomic E-state index is 5.68. The molecule has 2 aromatic heterocycles. The highest BCUT2D eigenvalue weighted by Gasteiger charge is 2.12. The Balaban J connectivity index is 2.38. The van der Waals surface area contributed by atoms with Crippen LogP contribution < -0.4 is 10.1 Å². The van der Waals surface area contributed by atoms with Gasteiger partial charge in [-0.1, -0.05) is 6.92 Å². The van der Waals surface area contributed by atoms with E-state index in [9.17, 15) is 0 Å². The van der Waals surface area contributed by atoms with Crippen LogP contribution in [-0.4, -0.2) is 23.1 Å². The lowest BCUT2D eigenvalue weighted by Gasteiger charge is -2.07. The highest BCUT2D eigenvalue weighted by atomic mass is 32.1. The van der Waals surface area contributed by atoms with Crippen molar-refractivity contribution in [3.63, 3.8) is 0 Å². The van der Waals surface area contributed by atoms with Gasteiger partial charge in [0.2, 0.25) is 11.8 Å². The number of fused-ring (bicyclic) bond motifs is 1. The number of ether oxygens (including phenoxy) is 1. The Morgan fingerprint density at radius 2 is 2.26 bits per heavy atom. The van der Waals surface area contributed by atoms with Crippen LogP contribution in [0.4, 0.5) is 5.95 Å². The first-order chi connectivity index (χ1) is 9.28. The molecule has 5 heteroatoms. The van der Waals surface area contributed by atoms with E-state index in [4.69, 9.17) is 11.2 Å². The first kappa shape index (κ1) is 13.6. The van der Waals surface area contributed by atoms with Gasteiger partial charge in [0.25, 0.3) is 0 Å². The second-order valence-corrected chi connectivity index (χ2v) is 5.09. The molecule has 0 atom stereocenters. The molecule has 0 saturated carbocycles. The summed E-state index contributed by atoms with van der Waals surface area (Å²) >= 11 is 1.68. The first-order valence-corrected chi connectivity index (χ1v) is 7.20. The van der Waals surface area contributed by atoms with Crippen molar-refractivity contribution in [2.45, 2.75) is 26.7 Å². The number of rotatable bonds is 6. The van der Waals surface area contributed by atoms with Crippen molar-refractivity contribution in [2.75, 3.05) is 18.5 Å². The molecule has 2 aromatic rings. The zero-order chi connectivity index (χ0) is 13.7. The van der Waals surface area contributed by atoms with Gasteiger partial charge >= 0.3 is 0 Å². The van der Waals surface area contributed by atoms with Crippen LogP contribution in [0.2, 0.25) is 0 Å². The average Bonchev–Trinajstić information content (AvgIpc) is 2.82. The molecular formula is C14H17N3OS. The number of aromatic nitrogens is 2. The Bertz CT molecular complexity index is 600. The van der Waals surface area contributed by atoms with Gasteiger partial charge in [-0.3, -0.25) is 0 Å². The number of hydrogen-bond donors (Lipinski definition) is 1.